The van der Waals surface area contributed by atoms with E-state index in [4.69, 9.17) is 65.8 Å². The average molecular weight is 825 g/mol. The highest BCUT2D eigenvalue weighted by molar-refractivity contribution is 5.76. The molecule has 0 radical (unpaired) electrons. The standard InChI is InChI=1S/C36H56N24/c37-27(38)45-11-15-49-31-53-32(50-16-12-46-28(39)40)56-35(55-31)59-22-26(20-24-9-5-2-6-10-24)60(21-25(59)19-23-7-3-1-4-8-23)36-57-33(51-17-13-47-29(41)42)54-34(58-36)52-18-14-48-30(43)44/h1-10,25-26H,11-22H2,(H4,37,38,45)(H4,39,40,46)(H4,41,42,47)(H4,43,44,48)(H2,49,50,53,55,56)(H2,51,52,54,57,58). The normalized spacial score (nSPS) is 14.7. The first-order chi connectivity index (χ1) is 29.0. The lowest BCUT2D eigenvalue weighted by Gasteiger charge is -2.46. The maximum absolute atomic E-state index is 5.56. The summed E-state index contributed by atoms with van der Waals surface area (Å²) in [6, 6.07) is 20.1. The molecule has 1 aliphatic heterocycles. The Kier molecular flexibility index (Phi) is 16.2. The molecule has 0 amide bonds. The van der Waals surface area contributed by atoms with Crippen molar-refractivity contribution in [3.05, 3.63) is 71.8 Å². The lowest BCUT2D eigenvalue weighted by atomic mass is 9.96. The van der Waals surface area contributed by atoms with Crippen LogP contribution in [0, 0.1) is 0 Å². The lowest BCUT2D eigenvalue weighted by Crippen LogP contribution is -2.61. The maximum atomic E-state index is 5.56. The second-order valence-electron chi connectivity index (χ2n) is 13.5. The molecule has 2 aromatic carbocycles. The summed E-state index contributed by atoms with van der Waals surface area (Å²) in [5.41, 5.74) is 46.7. The summed E-state index contributed by atoms with van der Waals surface area (Å²) >= 11 is 0. The number of aromatic nitrogens is 6. The molecule has 60 heavy (non-hydrogen) atoms. The largest absolute Gasteiger partial charge is 0.370 e. The second kappa shape index (κ2) is 22.3. The van der Waals surface area contributed by atoms with E-state index in [0.717, 1.165) is 11.1 Å². The van der Waals surface area contributed by atoms with Crippen molar-refractivity contribution >= 4 is 59.5 Å². The third-order valence-corrected chi connectivity index (χ3v) is 8.84. The van der Waals surface area contributed by atoms with Crippen LogP contribution >= 0.6 is 0 Å². The quantitative estimate of drug-likeness (QED) is 0.0219. The Morgan fingerprint density at radius 3 is 1.00 bits per heavy atom. The predicted octanol–water partition coefficient (Wildman–Crippen LogP) is -2.65. The number of benzene rings is 2. The predicted molar refractivity (Wildman–Crippen MR) is 239 cm³/mol. The van der Waals surface area contributed by atoms with Gasteiger partial charge in [0.2, 0.25) is 35.7 Å². The number of nitrogens with one attached hydrogen (secondary N) is 4. The van der Waals surface area contributed by atoms with Crippen LogP contribution in [0.5, 0.6) is 0 Å². The molecule has 0 aliphatic carbocycles. The number of guanidine groups is 4. The fourth-order valence-corrected chi connectivity index (χ4v) is 6.27. The molecule has 0 spiro atoms. The van der Waals surface area contributed by atoms with Crippen LogP contribution in [-0.4, -0.2) is 131 Å². The topological polar surface area (TPSA) is 390 Å². The summed E-state index contributed by atoms with van der Waals surface area (Å²) in [5.74, 6) is 2.20. The van der Waals surface area contributed by atoms with E-state index < -0.39 is 0 Å². The van der Waals surface area contributed by atoms with E-state index in [-0.39, 0.29) is 35.9 Å². The zero-order chi connectivity index (χ0) is 42.7. The zero-order valence-electron chi connectivity index (χ0n) is 33.4. The smallest absolute Gasteiger partial charge is 0.232 e. The number of nitrogens with two attached hydrogens (primary N) is 8. The Labute approximate surface area is 348 Å². The van der Waals surface area contributed by atoms with Gasteiger partial charge in [-0.25, -0.2) is 0 Å². The number of rotatable bonds is 22. The molecule has 0 bridgehead atoms. The summed E-state index contributed by atoms with van der Waals surface area (Å²) in [6.07, 6.45) is 1.28. The van der Waals surface area contributed by atoms with E-state index in [1.807, 2.05) is 36.4 Å². The zero-order valence-corrected chi connectivity index (χ0v) is 33.4. The molecule has 24 heteroatoms. The van der Waals surface area contributed by atoms with Gasteiger partial charge in [0, 0.05) is 39.3 Å². The highest BCUT2D eigenvalue weighted by Gasteiger charge is 2.37. The van der Waals surface area contributed by atoms with E-state index in [1.54, 1.807) is 0 Å². The molecule has 20 N–H and O–H groups in total. The molecule has 24 nitrogen and oxygen atoms in total. The van der Waals surface area contributed by atoms with Gasteiger partial charge in [0.25, 0.3) is 0 Å². The summed E-state index contributed by atoms with van der Waals surface area (Å²) in [4.78, 5) is 49.7. The number of nitrogens with zero attached hydrogens (tertiary/aromatic N) is 12. The van der Waals surface area contributed by atoms with Crippen LogP contribution in [0.15, 0.2) is 80.6 Å². The minimum absolute atomic E-state index is 0.0119. The van der Waals surface area contributed by atoms with Crippen LogP contribution < -0.4 is 76.9 Å². The van der Waals surface area contributed by atoms with E-state index >= 15 is 0 Å². The summed E-state index contributed by atoms with van der Waals surface area (Å²) < 4.78 is 0. The maximum Gasteiger partial charge on any atom is 0.232 e. The first kappa shape index (κ1) is 43.5. The molecule has 1 aliphatic rings. The van der Waals surface area contributed by atoms with Crippen molar-refractivity contribution < 1.29 is 0 Å². The molecule has 2 atom stereocenters. The highest BCUT2D eigenvalue weighted by Crippen LogP contribution is 2.29. The number of hydrogen-bond donors (Lipinski definition) is 12. The molecule has 2 aromatic heterocycles. The first-order valence-corrected chi connectivity index (χ1v) is 19.3. The van der Waals surface area contributed by atoms with Crippen LogP contribution in [0.2, 0.25) is 0 Å². The minimum atomic E-state index is -0.181. The van der Waals surface area contributed by atoms with Crippen LogP contribution in [0.25, 0.3) is 0 Å². The van der Waals surface area contributed by atoms with Gasteiger partial charge < -0.3 is 76.9 Å². The van der Waals surface area contributed by atoms with Crippen molar-refractivity contribution in [2.75, 3.05) is 96.5 Å². The molecule has 0 saturated carbocycles. The van der Waals surface area contributed by atoms with Gasteiger partial charge in [-0.2, -0.15) is 29.9 Å². The molecular formula is C36H56N24. The van der Waals surface area contributed by atoms with Crippen LogP contribution in [0.4, 0.5) is 35.7 Å². The van der Waals surface area contributed by atoms with E-state index in [0.29, 0.717) is 114 Å². The van der Waals surface area contributed by atoms with Crippen molar-refractivity contribution in [2.24, 2.45) is 65.8 Å². The Hall–Kier alpha value is -7.66. The van der Waals surface area contributed by atoms with Crippen molar-refractivity contribution in [1.29, 1.82) is 0 Å². The lowest BCUT2D eigenvalue weighted by molar-refractivity contribution is 0.427. The fraction of sp³-hybridized carbons (Fsp3) is 0.389. The van der Waals surface area contributed by atoms with Crippen molar-refractivity contribution in [3.63, 3.8) is 0 Å². The molecule has 2 unspecified atom stereocenters. The molecular weight excluding hydrogens is 769 g/mol. The second-order valence-corrected chi connectivity index (χ2v) is 13.5. The summed E-state index contributed by atoms with van der Waals surface area (Å²) in [7, 11) is 0. The van der Waals surface area contributed by atoms with Crippen LogP contribution in [-0.2, 0) is 12.8 Å². The number of piperazine rings is 1. The molecule has 1 fully saturated rings. The first-order valence-electron chi connectivity index (χ1n) is 19.3. The third-order valence-electron chi connectivity index (χ3n) is 8.84. The Morgan fingerprint density at radius 2 is 0.733 bits per heavy atom. The Balaban J connectivity index is 1.57. The van der Waals surface area contributed by atoms with Gasteiger partial charge in [-0.3, -0.25) is 20.0 Å². The van der Waals surface area contributed by atoms with Gasteiger partial charge in [0.1, 0.15) is 0 Å². The van der Waals surface area contributed by atoms with Crippen LogP contribution in [0.1, 0.15) is 11.1 Å². The fourth-order valence-electron chi connectivity index (χ4n) is 6.27. The third kappa shape index (κ3) is 14.4. The Bertz CT molecular complexity index is 1810. The van der Waals surface area contributed by atoms with E-state index in [9.17, 15) is 0 Å². The van der Waals surface area contributed by atoms with Gasteiger partial charge >= 0.3 is 0 Å². The van der Waals surface area contributed by atoms with Gasteiger partial charge in [-0.05, 0) is 24.0 Å². The van der Waals surface area contributed by atoms with E-state index in [1.165, 1.54) is 0 Å². The van der Waals surface area contributed by atoms with Crippen LogP contribution in [0.3, 0.4) is 0 Å². The molecule has 1 saturated heterocycles. The number of hydrogen-bond acceptors (Lipinski definition) is 16. The van der Waals surface area contributed by atoms with Gasteiger partial charge in [-0.1, -0.05) is 60.7 Å². The van der Waals surface area contributed by atoms with Gasteiger partial charge in [-0.15, -0.1) is 0 Å². The SMILES string of the molecule is NC(N)=NCCNc1nc(NCCN=C(N)N)nc(N2CC(Cc3ccccc3)N(c3nc(NCCN=C(N)N)nc(NCCN=C(N)N)n3)CC2Cc2ccccc2)n1. The number of anilines is 6. The van der Waals surface area contributed by atoms with Crippen molar-refractivity contribution in [1.82, 2.24) is 29.9 Å². The molecule has 320 valence electrons. The van der Waals surface area contributed by atoms with Gasteiger partial charge in [0.15, 0.2) is 23.8 Å². The minimum Gasteiger partial charge on any atom is -0.370 e. The Morgan fingerprint density at radius 1 is 0.450 bits per heavy atom. The summed E-state index contributed by atoms with van der Waals surface area (Å²) in [6.45, 7) is 3.69. The average Bonchev–Trinajstić information content (AvgIpc) is 3.22. The monoisotopic (exact) mass is 825 g/mol. The number of aliphatic imine (C=N–C) groups is 4. The van der Waals surface area contributed by atoms with E-state index in [2.05, 4.69) is 85.3 Å². The van der Waals surface area contributed by atoms with Crippen molar-refractivity contribution in [3.8, 4) is 0 Å². The highest BCUT2D eigenvalue weighted by atomic mass is 15.4. The molecule has 5 rings (SSSR count). The van der Waals surface area contributed by atoms with Gasteiger partial charge in [0.05, 0.1) is 38.3 Å². The summed E-state index contributed by atoms with van der Waals surface area (Å²) in [5, 5.41) is 12.9. The molecule has 3 heterocycles. The van der Waals surface area contributed by atoms with Crippen molar-refractivity contribution in [2.45, 2.75) is 24.9 Å². The molecule has 4 aromatic rings.